The Hall–Kier alpha value is -2.28. The Morgan fingerprint density at radius 3 is 2.37 bits per heavy atom. The third kappa shape index (κ3) is 4.71. The molecular weight excluding hydrogens is 348 g/mol. The Kier molecular flexibility index (Phi) is 6.55. The summed E-state index contributed by atoms with van der Waals surface area (Å²) in [7, 11) is 3.19. The third-order valence-corrected chi connectivity index (χ3v) is 5.36. The van der Waals surface area contributed by atoms with Crippen molar-refractivity contribution in [3.8, 4) is 11.5 Å². The maximum Gasteiger partial charge on any atom is 0.227 e. The maximum atomic E-state index is 12.7. The lowest BCUT2D eigenvalue weighted by Gasteiger charge is -2.35. The molecule has 0 atom stereocenters. The van der Waals surface area contributed by atoms with Gasteiger partial charge in [-0.1, -0.05) is 6.07 Å². The van der Waals surface area contributed by atoms with E-state index in [1.807, 2.05) is 21.9 Å². The van der Waals surface area contributed by atoms with Crippen LogP contribution in [0.15, 0.2) is 18.2 Å². The monoisotopic (exact) mass is 376 g/mol. The van der Waals surface area contributed by atoms with E-state index in [4.69, 9.17) is 14.2 Å². The first-order chi connectivity index (χ1) is 13.1. The highest BCUT2D eigenvalue weighted by Crippen LogP contribution is 2.26. The Labute approximate surface area is 160 Å². The van der Waals surface area contributed by atoms with Gasteiger partial charge in [0.25, 0.3) is 0 Å². The molecule has 148 valence electrons. The van der Waals surface area contributed by atoms with Gasteiger partial charge in [0.05, 0.1) is 33.9 Å². The van der Waals surface area contributed by atoms with Crippen LogP contribution in [0.2, 0.25) is 0 Å². The van der Waals surface area contributed by atoms with E-state index in [9.17, 15) is 9.59 Å². The van der Waals surface area contributed by atoms with E-state index in [0.717, 1.165) is 18.4 Å². The minimum atomic E-state index is 0.0164. The zero-order chi connectivity index (χ0) is 19.2. The first kappa shape index (κ1) is 19.5. The van der Waals surface area contributed by atoms with Crippen LogP contribution in [0.25, 0.3) is 0 Å². The van der Waals surface area contributed by atoms with Crippen molar-refractivity contribution in [2.75, 3.05) is 53.6 Å². The topological polar surface area (TPSA) is 68.3 Å². The first-order valence-corrected chi connectivity index (χ1v) is 9.47. The summed E-state index contributed by atoms with van der Waals surface area (Å²) < 4.78 is 15.9. The fraction of sp³-hybridized carbons (Fsp3) is 0.600. The van der Waals surface area contributed by atoms with E-state index >= 15 is 0 Å². The van der Waals surface area contributed by atoms with Crippen LogP contribution in [0, 0.1) is 5.92 Å². The lowest BCUT2D eigenvalue weighted by Crippen LogP contribution is -2.47. The molecule has 2 amide bonds. The van der Waals surface area contributed by atoms with Gasteiger partial charge in [0, 0.05) is 43.7 Å². The van der Waals surface area contributed by atoms with Gasteiger partial charge in [0.2, 0.25) is 11.8 Å². The number of rotatable bonds is 5. The van der Waals surface area contributed by atoms with Gasteiger partial charge >= 0.3 is 0 Å². The molecule has 7 heteroatoms. The van der Waals surface area contributed by atoms with Crippen molar-refractivity contribution >= 4 is 11.8 Å². The van der Waals surface area contributed by atoms with Gasteiger partial charge in [-0.3, -0.25) is 9.59 Å². The third-order valence-electron chi connectivity index (χ3n) is 5.36. The molecule has 2 heterocycles. The van der Waals surface area contributed by atoms with Crippen molar-refractivity contribution in [3.05, 3.63) is 23.8 Å². The zero-order valence-electron chi connectivity index (χ0n) is 16.1. The predicted molar refractivity (Wildman–Crippen MR) is 100.0 cm³/mol. The number of morpholine rings is 1. The van der Waals surface area contributed by atoms with Gasteiger partial charge in [-0.15, -0.1) is 0 Å². The Morgan fingerprint density at radius 1 is 1.04 bits per heavy atom. The summed E-state index contributed by atoms with van der Waals surface area (Å²) in [6, 6.07) is 5.48. The normalized spacial score (nSPS) is 18.3. The second-order valence-corrected chi connectivity index (χ2v) is 6.95. The summed E-state index contributed by atoms with van der Waals surface area (Å²) in [5, 5.41) is 0. The lowest BCUT2D eigenvalue weighted by molar-refractivity contribution is -0.143. The molecular formula is C20H28N2O5. The van der Waals surface area contributed by atoms with E-state index < -0.39 is 0 Å². The van der Waals surface area contributed by atoms with E-state index in [2.05, 4.69) is 0 Å². The predicted octanol–water partition coefficient (Wildman–Crippen LogP) is 1.34. The number of piperidine rings is 1. The molecule has 3 rings (SSSR count). The Morgan fingerprint density at radius 2 is 1.74 bits per heavy atom. The van der Waals surface area contributed by atoms with Crippen LogP contribution in [-0.2, 0) is 20.7 Å². The van der Waals surface area contributed by atoms with Crippen molar-refractivity contribution in [1.82, 2.24) is 9.80 Å². The molecule has 0 N–H and O–H groups in total. The summed E-state index contributed by atoms with van der Waals surface area (Å²) in [5.74, 6) is 1.64. The highest BCUT2D eigenvalue weighted by molar-refractivity contribution is 5.81. The average Bonchev–Trinajstić information content (AvgIpc) is 2.74. The number of carbonyl (C=O) groups excluding carboxylic acids is 2. The zero-order valence-corrected chi connectivity index (χ0v) is 16.1. The molecule has 2 aliphatic heterocycles. The number of amides is 2. The van der Waals surface area contributed by atoms with Crippen LogP contribution in [0.1, 0.15) is 18.4 Å². The van der Waals surface area contributed by atoms with Crippen LogP contribution in [-0.4, -0.2) is 75.2 Å². The summed E-state index contributed by atoms with van der Waals surface area (Å²) in [4.78, 5) is 29.0. The van der Waals surface area contributed by atoms with Crippen LogP contribution < -0.4 is 9.47 Å². The number of carbonyl (C=O) groups is 2. The van der Waals surface area contributed by atoms with Gasteiger partial charge in [-0.05, 0) is 18.9 Å². The fourth-order valence-corrected chi connectivity index (χ4v) is 3.69. The number of benzene rings is 1. The minimum absolute atomic E-state index is 0.0164. The molecule has 2 fully saturated rings. The number of methoxy groups -OCH3 is 2. The molecule has 0 saturated carbocycles. The molecule has 2 saturated heterocycles. The van der Waals surface area contributed by atoms with Crippen LogP contribution in [0.5, 0.6) is 11.5 Å². The van der Waals surface area contributed by atoms with Crippen molar-refractivity contribution in [3.63, 3.8) is 0 Å². The van der Waals surface area contributed by atoms with Gasteiger partial charge < -0.3 is 24.0 Å². The number of hydrogen-bond acceptors (Lipinski definition) is 5. The molecule has 0 radical (unpaired) electrons. The molecule has 27 heavy (non-hydrogen) atoms. The summed E-state index contributed by atoms with van der Waals surface area (Å²) >= 11 is 0. The largest absolute Gasteiger partial charge is 0.497 e. The van der Waals surface area contributed by atoms with E-state index in [1.54, 1.807) is 20.3 Å². The molecule has 0 aromatic heterocycles. The van der Waals surface area contributed by atoms with Gasteiger partial charge in [0.1, 0.15) is 11.5 Å². The quantitative estimate of drug-likeness (QED) is 0.776. The first-order valence-electron chi connectivity index (χ1n) is 9.47. The number of likely N-dealkylation sites (tertiary alicyclic amines) is 1. The van der Waals surface area contributed by atoms with Crippen LogP contribution >= 0.6 is 0 Å². The van der Waals surface area contributed by atoms with Gasteiger partial charge in [0.15, 0.2) is 0 Å². The molecule has 2 aliphatic rings. The Balaban J connectivity index is 1.53. The van der Waals surface area contributed by atoms with Crippen molar-refractivity contribution in [2.45, 2.75) is 19.3 Å². The molecule has 7 nitrogen and oxygen atoms in total. The molecule has 0 spiro atoms. The molecule has 0 bridgehead atoms. The highest BCUT2D eigenvalue weighted by Gasteiger charge is 2.31. The van der Waals surface area contributed by atoms with E-state index in [-0.39, 0.29) is 24.2 Å². The number of nitrogens with zero attached hydrogens (tertiary/aromatic N) is 2. The van der Waals surface area contributed by atoms with Crippen molar-refractivity contribution in [2.24, 2.45) is 5.92 Å². The van der Waals surface area contributed by atoms with Crippen LogP contribution in [0.3, 0.4) is 0 Å². The van der Waals surface area contributed by atoms with Gasteiger partial charge in [-0.2, -0.15) is 0 Å². The standard InChI is InChI=1S/C20H28N2O5/c1-25-17-4-3-16(18(14-17)26-2)13-19(23)21-7-5-15(6-8-21)20(24)22-9-11-27-12-10-22/h3-4,14-15H,5-13H2,1-2H3. The summed E-state index contributed by atoms with van der Waals surface area (Å²) in [6.45, 7) is 3.83. The number of ether oxygens (including phenoxy) is 3. The van der Waals surface area contributed by atoms with Crippen molar-refractivity contribution in [1.29, 1.82) is 0 Å². The second kappa shape index (κ2) is 9.08. The second-order valence-electron chi connectivity index (χ2n) is 6.95. The molecule has 0 unspecified atom stereocenters. The van der Waals surface area contributed by atoms with Crippen LogP contribution in [0.4, 0.5) is 0 Å². The van der Waals surface area contributed by atoms with E-state index in [1.165, 1.54) is 0 Å². The minimum Gasteiger partial charge on any atom is -0.497 e. The smallest absolute Gasteiger partial charge is 0.227 e. The fourth-order valence-electron chi connectivity index (χ4n) is 3.69. The summed E-state index contributed by atoms with van der Waals surface area (Å²) in [6.07, 6.45) is 1.73. The Bertz CT molecular complexity index is 664. The molecule has 1 aromatic rings. The summed E-state index contributed by atoms with van der Waals surface area (Å²) in [5.41, 5.74) is 0.842. The van der Waals surface area contributed by atoms with Crippen molar-refractivity contribution < 1.29 is 23.8 Å². The van der Waals surface area contributed by atoms with E-state index in [0.29, 0.717) is 50.9 Å². The molecule has 1 aromatic carbocycles. The number of hydrogen-bond donors (Lipinski definition) is 0. The maximum absolute atomic E-state index is 12.7. The highest BCUT2D eigenvalue weighted by atomic mass is 16.5. The SMILES string of the molecule is COc1ccc(CC(=O)N2CCC(C(=O)N3CCOCC3)CC2)c(OC)c1. The van der Waals surface area contributed by atoms with Gasteiger partial charge in [-0.25, -0.2) is 0 Å². The lowest BCUT2D eigenvalue weighted by atomic mass is 9.94. The average molecular weight is 376 g/mol. The molecule has 0 aliphatic carbocycles.